The smallest absolute Gasteiger partial charge is 0.0575 e. The molecule has 1 unspecified atom stereocenters. The topological polar surface area (TPSA) is 51.4 Å². The highest BCUT2D eigenvalue weighted by atomic mass is 16.5. The van der Waals surface area contributed by atoms with Crippen molar-refractivity contribution in [1.29, 1.82) is 0 Å². The predicted octanol–water partition coefficient (Wildman–Crippen LogP) is 0.660. The number of nitrogens with two attached hydrogens (primary N) is 1. The molecule has 1 aromatic rings. The first kappa shape index (κ1) is 11.5. The van der Waals surface area contributed by atoms with Gasteiger partial charge in [-0.15, -0.1) is 0 Å². The van der Waals surface area contributed by atoms with E-state index in [4.69, 9.17) is 10.5 Å². The number of hydrogen-bond acceptors (Lipinski definition) is 4. The molecule has 88 valence electrons. The van der Waals surface area contributed by atoms with Crippen LogP contribution in [0.25, 0.3) is 0 Å². The highest BCUT2D eigenvalue weighted by Crippen LogP contribution is 2.42. The third-order valence-corrected chi connectivity index (χ3v) is 3.28. The van der Waals surface area contributed by atoms with Gasteiger partial charge in [0.25, 0.3) is 0 Å². The van der Waals surface area contributed by atoms with Gasteiger partial charge in [-0.25, -0.2) is 0 Å². The van der Waals surface area contributed by atoms with E-state index in [2.05, 4.69) is 30.0 Å². The molecule has 2 rings (SSSR count). The van der Waals surface area contributed by atoms with E-state index in [9.17, 15) is 0 Å². The van der Waals surface area contributed by atoms with E-state index >= 15 is 0 Å². The summed E-state index contributed by atoms with van der Waals surface area (Å²) in [6.45, 7) is 2.12. The molecule has 1 fully saturated rings. The molecule has 0 spiro atoms. The van der Waals surface area contributed by atoms with Crippen LogP contribution in [0.3, 0.4) is 0 Å². The number of ether oxygens (including phenoxy) is 1. The molecule has 0 aliphatic carbocycles. The molecule has 1 aliphatic heterocycles. The Bertz CT molecular complexity index is 330. The average Bonchev–Trinajstić information content (AvgIpc) is 2.24. The first-order valence-corrected chi connectivity index (χ1v) is 5.54. The molecule has 0 radical (unpaired) electrons. The van der Waals surface area contributed by atoms with Gasteiger partial charge >= 0.3 is 0 Å². The lowest BCUT2D eigenvalue weighted by Gasteiger charge is -2.49. The quantitative estimate of drug-likeness (QED) is 0.811. The van der Waals surface area contributed by atoms with Crippen LogP contribution in [0.2, 0.25) is 0 Å². The molecule has 0 bridgehead atoms. The second-order valence-corrected chi connectivity index (χ2v) is 4.71. The first-order valence-electron chi connectivity index (χ1n) is 5.54. The Kier molecular flexibility index (Phi) is 3.23. The molecule has 1 atom stereocenters. The molecule has 0 saturated carbocycles. The van der Waals surface area contributed by atoms with Crippen LogP contribution in [0.5, 0.6) is 0 Å². The number of aromatic nitrogens is 1. The molecule has 1 aliphatic rings. The van der Waals surface area contributed by atoms with Gasteiger partial charge in [0.2, 0.25) is 0 Å². The Morgan fingerprint density at radius 3 is 2.69 bits per heavy atom. The lowest BCUT2D eigenvalue weighted by atomic mass is 9.75. The van der Waals surface area contributed by atoms with Gasteiger partial charge < -0.3 is 15.4 Å². The van der Waals surface area contributed by atoms with E-state index in [1.165, 1.54) is 5.56 Å². The van der Waals surface area contributed by atoms with Crippen molar-refractivity contribution in [2.75, 3.05) is 33.9 Å². The summed E-state index contributed by atoms with van der Waals surface area (Å²) in [6.07, 6.45) is 3.71. The maximum absolute atomic E-state index is 5.92. The maximum atomic E-state index is 5.92. The zero-order valence-electron chi connectivity index (χ0n) is 9.89. The van der Waals surface area contributed by atoms with E-state index < -0.39 is 0 Å². The predicted molar refractivity (Wildman–Crippen MR) is 63.0 cm³/mol. The minimum absolute atomic E-state index is 0.0481. The molecule has 1 saturated heterocycles. The summed E-state index contributed by atoms with van der Waals surface area (Å²) in [4.78, 5) is 6.39. The molecule has 0 aromatic carbocycles. The van der Waals surface area contributed by atoms with Gasteiger partial charge in [0.15, 0.2) is 0 Å². The molecule has 4 heteroatoms. The summed E-state index contributed by atoms with van der Waals surface area (Å²) in [7, 11) is 4.15. The summed E-state index contributed by atoms with van der Waals surface area (Å²) in [5.41, 5.74) is 7.18. The van der Waals surface area contributed by atoms with Crippen LogP contribution >= 0.6 is 0 Å². The van der Waals surface area contributed by atoms with Crippen LogP contribution < -0.4 is 5.73 Å². The van der Waals surface area contributed by atoms with Gasteiger partial charge in [-0.2, -0.15) is 0 Å². The standard InChI is InChI=1S/C12H19N3O/c1-15(2)11(10-4-3-5-14-6-10)12(7-13)8-16-9-12/h3-6,11H,7-9,13H2,1-2H3. The van der Waals surface area contributed by atoms with E-state index in [0.717, 1.165) is 13.2 Å². The molecule has 4 nitrogen and oxygen atoms in total. The van der Waals surface area contributed by atoms with Crippen molar-refractivity contribution in [3.8, 4) is 0 Å². The fourth-order valence-electron chi connectivity index (χ4n) is 2.49. The largest absolute Gasteiger partial charge is 0.380 e. The lowest BCUT2D eigenvalue weighted by molar-refractivity contribution is -0.145. The van der Waals surface area contributed by atoms with Gasteiger partial charge in [-0.1, -0.05) is 6.07 Å². The highest BCUT2D eigenvalue weighted by Gasteiger charge is 2.46. The van der Waals surface area contributed by atoms with E-state index in [1.807, 2.05) is 12.3 Å². The minimum Gasteiger partial charge on any atom is -0.380 e. The number of rotatable bonds is 4. The monoisotopic (exact) mass is 221 g/mol. The molecule has 0 amide bonds. The van der Waals surface area contributed by atoms with Gasteiger partial charge in [-0.05, 0) is 25.7 Å². The molecule has 16 heavy (non-hydrogen) atoms. The first-order chi connectivity index (χ1) is 7.69. The van der Waals surface area contributed by atoms with E-state index in [1.54, 1.807) is 6.20 Å². The van der Waals surface area contributed by atoms with Crippen molar-refractivity contribution >= 4 is 0 Å². The van der Waals surface area contributed by atoms with Crippen molar-refractivity contribution < 1.29 is 4.74 Å². The summed E-state index contributed by atoms with van der Waals surface area (Å²) in [6, 6.07) is 4.35. The number of pyridine rings is 1. The van der Waals surface area contributed by atoms with Crippen molar-refractivity contribution in [2.45, 2.75) is 6.04 Å². The van der Waals surface area contributed by atoms with E-state index in [0.29, 0.717) is 6.54 Å². The molecule has 2 heterocycles. The Hall–Kier alpha value is -0.970. The lowest BCUT2D eigenvalue weighted by Crippen LogP contribution is -2.55. The van der Waals surface area contributed by atoms with Gasteiger partial charge in [0.05, 0.1) is 13.2 Å². The molecule has 2 N–H and O–H groups in total. The minimum atomic E-state index is 0.0481. The zero-order valence-corrected chi connectivity index (χ0v) is 9.89. The fraction of sp³-hybridized carbons (Fsp3) is 0.583. The van der Waals surface area contributed by atoms with Crippen molar-refractivity contribution in [1.82, 2.24) is 9.88 Å². The summed E-state index contributed by atoms with van der Waals surface area (Å²) in [5, 5.41) is 0. The van der Waals surface area contributed by atoms with Crippen LogP contribution in [-0.2, 0) is 4.74 Å². The summed E-state index contributed by atoms with van der Waals surface area (Å²) in [5.74, 6) is 0. The van der Waals surface area contributed by atoms with Crippen LogP contribution in [-0.4, -0.2) is 43.7 Å². The second kappa shape index (κ2) is 4.49. The molecular formula is C12H19N3O. The van der Waals surface area contributed by atoms with Crippen molar-refractivity contribution in [3.05, 3.63) is 30.1 Å². The Morgan fingerprint density at radius 1 is 1.56 bits per heavy atom. The second-order valence-electron chi connectivity index (χ2n) is 4.71. The van der Waals surface area contributed by atoms with Crippen molar-refractivity contribution in [2.24, 2.45) is 11.1 Å². The highest BCUT2D eigenvalue weighted by molar-refractivity contribution is 5.19. The Labute approximate surface area is 96.4 Å². The fourth-order valence-corrected chi connectivity index (χ4v) is 2.49. The third kappa shape index (κ3) is 1.84. The summed E-state index contributed by atoms with van der Waals surface area (Å²) >= 11 is 0. The Morgan fingerprint density at radius 2 is 2.31 bits per heavy atom. The van der Waals surface area contributed by atoms with Gasteiger partial charge in [-0.3, -0.25) is 4.98 Å². The number of hydrogen-bond donors (Lipinski definition) is 1. The van der Waals surface area contributed by atoms with Gasteiger partial charge in [0, 0.05) is 30.4 Å². The van der Waals surface area contributed by atoms with Crippen LogP contribution in [0, 0.1) is 5.41 Å². The SMILES string of the molecule is CN(C)C(c1cccnc1)C1(CN)COC1. The van der Waals surface area contributed by atoms with Crippen LogP contribution in [0.4, 0.5) is 0 Å². The maximum Gasteiger partial charge on any atom is 0.0575 e. The normalized spacial score (nSPS) is 20.5. The third-order valence-electron chi connectivity index (χ3n) is 3.28. The summed E-state index contributed by atoms with van der Waals surface area (Å²) < 4.78 is 5.35. The zero-order chi connectivity index (χ0) is 11.6. The average molecular weight is 221 g/mol. The Balaban J connectivity index is 2.31. The molecule has 1 aromatic heterocycles. The van der Waals surface area contributed by atoms with Crippen LogP contribution in [0.1, 0.15) is 11.6 Å². The van der Waals surface area contributed by atoms with Gasteiger partial charge in [0.1, 0.15) is 0 Å². The van der Waals surface area contributed by atoms with Crippen LogP contribution in [0.15, 0.2) is 24.5 Å². The van der Waals surface area contributed by atoms with E-state index in [-0.39, 0.29) is 11.5 Å². The molecular weight excluding hydrogens is 202 g/mol. The van der Waals surface area contributed by atoms with Crippen molar-refractivity contribution in [3.63, 3.8) is 0 Å². The number of nitrogens with zero attached hydrogens (tertiary/aromatic N) is 2.